The van der Waals surface area contributed by atoms with Gasteiger partial charge in [0.15, 0.2) is 0 Å². The van der Waals surface area contributed by atoms with Gasteiger partial charge >= 0.3 is 5.97 Å². The van der Waals surface area contributed by atoms with Crippen LogP contribution in [0.4, 0.5) is 5.69 Å². The first-order valence-corrected chi connectivity index (χ1v) is 6.80. The minimum Gasteiger partial charge on any atom is -0.477 e. The van der Waals surface area contributed by atoms with Gasteiger partial charge in [-0.1, -0.05) is 18.2 Å². The number of carboxylic acid groups (broad SMARTS) is 1. The zero-order chi connectivity index (χ0) is 14.0. The number of aromatic carboxylic acids is 1. The minimum atomic E-state index is -0.909. The lowest BCUT2D eigenvalue weighted by Gasteiger charge is -2.11. The van der Waals surface area contributed by atoms with Gasteiger partial charge < -0.3 is 10.4 Å². The molecule has 2 aromatic rings. The normalized spacial score (nSPS) is 10.5. The molecular formula is C14H16N2O2S. The monoisotopic (exact) mass is 276 g/mol. The molecule has 0 atom stereocenters. The number of nitrogens with one attached hydrogen (secondary N) is 1. The topological polar surface area (TPSA) is 62.2 Å². The van der Waals surface area contributed by atoms with E-state index >= 15 is 0 Å². The van der Waals surface area contributed by atoms with Crippen LogP contribution < -0.4 is 5.32 Å². The van der Waals surface area contributed by atoms with E-state index in [9.17, 15) is 4.79 Å². The van der Waals surface area contributed by atoms with Gasteiger partial charge in [-0.15, -0.1) is 11.3 Å². The maximum absolute atomic E-state index is 11.0. The largest absolute Gasteiger partial charge is 0.477 e. The first kappa shape index (κ1) is 13.5. The van der Waals surface area contributed by atoms with E-state index < -0.39 is 5.97 Å². The second-order valence-electron chi connectivity index (χ2n) is 4.45. The average molecular weight is 276 g/mol. The maximum atomic E-state index is 11.0. The molecule has 0 bridgehead atoms. The third-order valence-corrected chi connectivity index (χ3v) is 4.08. The number of hydrogen-bond acceptors (Lipinski definition) is 4. The third kappa shape index (κ3) is 2.93. The van der Waals surface area contributed by atoms with Crippen molar-refractivity contribution < 1.29 is 9.90 Å². The molecule has 4 nitrogen and oxygen atoms in total. The van der Waals surface area contributed by atoms with Crippen LogP contribution in [0.3, 0.4) is 0 Å². The number of hydrogen-bond donors (Lipinski definition) is 2. The Morgan fingerprint density at radius 1 is 1.32 bits per heavy atom. The quantitative estimate of drug-likeness (QED) is 0.898. The van der Waals surface area contributed by atoms with Crippen molar-refractivity contribution in [3.05, 3.63) is 44.9 Å². The highest BCUT2D eigenvalue weighted by Gasteiger charge is 2.13. The van der Waals surface area contributed by atoms with Crippen molar-refractivity contribution in [1.29, 1.82) is 0 Å². The molecule has 1 aromatic heterocycles. The highest BCUT2D eigenvalue weighted by molar-refractivity contribution is 7.13. The Morgan fingerprint density at radius 3 is 2.47 bits per heavy atom. The second kappa shape index (κ2) is 5.40. The van der Waals surface area contributed by atoms with Gasteiger partial charge in [0, 0.05) is 5.69 Å². The van der Waals surface area contributed by atoms with Crippen LogP contribution in [-0.4, -0.2) is 16.1 Å². The molecule has 0 saturated carbocycles. The summed E-state index contributed by atoms with van der Waals surface area (Å²) >= 11 is 1.23. The fraction of sp³-hybridized carbons (Fsp3) is 0.286. The number of nitrogens with zero attached hydrogens (tertiary/aromatic N) is 1. The number of rotatable bonds is 4. The van der Waals surface area contributed by atoms with E-state index in [0.717, 1.165) is 10.7 Å². The van der Waals surface area contributed by atoms with Crippen molar-refractivity contribution in [1.82, 2.24) is 4.98 Å². The summed E-state index contributed by atoms with van der Waals surface area (Å²) in [6.45, 7) is 6.36. The SMILES string of the molecule is Cc1cccc(C)c1NCc1nc(C)c(C(=O)O)s1. The van der Waals surface area contributed by atoms with Crippen molar-refractivity contribution in [2.24, 2.45) is 0 Å². The van der Waals surface area contributed by atoms with Gasteiger partial charge in [-0.05, 0) is 31.9 Å². The Morgan fingerprint density at radius 2 is 1.95 bits per heavy atom. The van der Waals surface area contributed by atoms with E-state index in [4.69, 9.17) is 5.11 Å². The molecule has 1 aromatic carbocycles. The van der Waals surface area contributed by atoms with Gasteiger partial charge in [-0.2, -0.15) is 0 Å². The summed E-state index contributed by atoms with van der Waals surface area (Å²) in [6.07, 6.45) is 0. The molecule has 0 aliphatic rings. The van der Waals surface area contributed by atoms with Crippen LogP contribution in [0, 0.1) is 20.8 Å². The van der Waals surface area contributed by atoms with Crippen molar-refractivity contribution in [3.63, 3.8) is 0 Å². The molecule has 0 aliphatic carbocycles. The predicted octanol–water partition coefficient (Wildman–Crippen LogP) is 3.38. The zero-order valence-electron chi connectivity index (χ0n) is 11.2. The van der Waals surface area contributed by atoms with E-state index in [0.29, 0.717) is 17.1 Å². The Kier molecular flexibility index (Phi) is 3.85. The van der Waals surface area contributed by atoms with Crippen LogP contribution in [0.2, 0.25) is 0 Å². The lowest BCUT2D eigenvalue weighted by Crippen LogP contribution is -2.02. The van der Waals surface area contributed by atoms with Crippen LogP contribution in [0.15, 0.2) is 18.2 Å². The number of benzene rings is 1. The summed E-state index contributed by atoms with van der Waals surface area (Å²) in [5.74, 6) is -0.909. The van der Waals surface area contributed by atoms with Crippen molar-refractivity contribution in [2.75, 3.05) is 5.32 Å². The van der Waals surface area contributed by atoms with Crippen LogP contribution >= 0.6 is 11.3 Å². The first-order valence-electron chi connectivity index (χ1n) is 5.98. The van der Waals surface area contributed by atoms with Gasteiger partial charge in [0.05, 0.1) is 12.2 Å². The Balaban J connectivity index is 2.15. The summed E-state index contributed by atoms with van der Waals surface area (Å²) in [5.41, 5.74) is 4.02. The van der Waals surface area contributed by atoms with Gasteiger partial charge in [0.1, 0.15) is 9.88 Å². The van der Waals surface area contributed by atoms with Crippen LogP contribution in [0.5, 0.6) is 0 Å². The molecule has 0 fully saturated rings. The van der Waals surface area contributed by atoms with Gasteiger partial charge in [0.2, 0.25) is 0 Å². The average Bonchev–Trinajstić information content (AvgIpc) is 2.70. The van der Waals surface area contributed by atoms with E-state index in [-0.39, 0.29) is 0 Å². The number of para-hydroxylation sites is 1. The van der Waals surface area contributed by atoms with Gasteiger partial charge in [-0.3, -0.25) is 0 Å². The fourth-order valence-corrected chi connectivity index (χ4v) is 2.83. The highest BCUT2D eigenvalue weighted by Crippen LogP contribution is 2.22. The van der Waals surface area contributed by atoms with Crippen LogP contribution in [-0.2, 0) is 6.54 Å². The molecule has 19 heavy (non-hydrogen) atoms. The van der Waals surface area contributed by atoms with Crippen molar-refractivity contribution >= 4 is 23.0 Å². The van der Waals surface area contributed by atoms with E-state index in [1.54, 1.807) is 6.92 Å². The third-order valence-electron chi connectivity index (χ3n) is 2.93. The number of anilines is 1. The smallest absolute Gasteiger partial charge is 0.347 e. The number of thiazole rings is 1. The second-order valence-corrected chi connectivity index (χ2v) is 5.53. The lowest BCUT2D eigenvalue weighted by atomic mass is 10.1. The number of aromatic nitrogens is 1. The molecule has 0 unspecified atom stereocenters. The molecule has 1 heterocycles. The molecular weight excluding hydrogens is 260 g/mol. The van der Waals surface area contributed by atoms with Gasteiger partial charge in [0.25, 0.3) is 0 Å². The Hall–Kier alpha value is -1.88. The number of carbonyl (C=O) groups is 1. The Bertz CT molecular complexity index is 600. The molecule has 0 aliphatic heterocycles. The first-order chi connectivity index (χ1) is 8.99. The summed E-state index contributed by atoms with van der Waals surface area (Å²) < 4.78 is 0. The van der Waals surface area contributed by atoms with Crippen molar-refractivity contribution in [3.8, 4) is 0 Å². The van der Waals surface area contributed by atoms with E-state index in [1.165, 1.54) is 22.5 Å². The highest BCUT2D eigenvalue weighted by atomic mass is 32.1. The predicted molar refractivity (Wildman–Crippen MR) is 77.1 cm³/mol. The molecule has 0 amide bonds. The fourth-order valence-electron chi connectivity index (χ4n) is 1.98. The molecule has 0 radical (unpaired) electrons. The van der Waals surface area contributed by atoms with Gasteiger partial charge in [-0.25, -0.2) is 9.78 Å². The van der Waals surface area contributed by atoms with E-state index in [1.807, 2.05) is 32.0 Å². The molecule has 0 saturated heterocycles. The zero-order valence-corrected chi connectivity index (χ0v) is 12.0. The molecule has 0 spiro atoms. The minimum absolute atomic E-state index is 0.318. The molecule has 5 heteroatoms. The summed E-state index contributed by atoms with van der Waals surface area (Å²) in [7, 11) is 0. The standard InChI is InChI=1S/C14H16N2O2S/c1-8-5-4-6-9(2)12(8)15-7-11-16-10(3)13(19-11)14(17)18/h4-6,15H,7H2,1-3H3,(H,17,18). The van der Waals surface area contributed by atoms with E-state index in [2.05, 4.69) is 10.3 Å². The lowest BCUT2D eigenvalue weighted by molar-refractivity contribution is 0.0701. The molecule has 2 N–H and O–H groups in total. The van der Waals surface area contributed by atoms with Crippen molar-refractivity contribution in [2.45, 2.75) is 27.3 Å². The molecule has 2 rings (SSSR count). The summed E-state index contributed by atoms with van der Waals surface area (Å²) in [5, 5.41) is 13.1. The number of carboxylic acids is 1. The van der Waals surface area contributed by atoms with Crippen LogP contribution in [0.1, 0.15) is 31.5 Å². The maximum Gasteiger partial charge on any atom is 0.347 e. The summed E-state index contributed by atoms with van der Waals surface area (Å²) in [4.78, 5) is 15.6. The number of aryl methyl sites for hydroxylation is 3. The molecule has 100 valence electrons. The van der Waals surface area contributed by atoms with Crippen LogP contribution in [0.25, 0.3) is 0 Å². The summed E-state index contributed by atoms with van der Waals surface area (Å²) in [6, 6.07) is 6.11. The Labute approximate surface area is 116 Å².